The van der Waals surface area contributed by atoms with Crippen molar-refractivity contribution in [3.63, 3.8) is 0 Å². The van der Waals surface area contributed by atoms with Crippen molar-refractivity contribution in [2.45, 2.75) is 13.0 Å². The number of carbonyl (C=O) groups excluding carboxylic acids is 1. The highest BCUT2D eigenvalue weighted by molar-refractivity contribution is 5.95. The first kappa shape index (κ1) is 22.9. The SMILES string of the molecule is COc1cc(C(=O)N2CCOCC(Cc3cccc4occc34)C2)ccc1OCc1ccccn1. The van der Waals surface area contributed by atoms with Gasteiger partial charge in [0.05, 0.1) is 32.3 Å². The van der Waals surface area contributed by atoms with E-state index in [4.69, 9.17) is 18.6 Å². The Balaban J connectivity index is 1.28. The molecule has 0 bridgehead atoms. The van der Waals surface area contributed by atoms with Crippen molar-refractivity contribution >= 4 is 16.9 Å². The Morgan fingerprint density at radius 2 is 2.06 bits per heavy atom. The van der Waals surface area contributed by atoms with Crippen LogP contribution in [0.1, 0.15) is 21.6 Å². The molecule has 1 aliphatic rings. The third-order valence-electron chi connectivity index (χ3n) is 6.23. The number of pyridine rings is 1. The van der Waals surface area contributed by atoms with Crippen molar-refractivity contribution in [1.29, 1.82) is 0 Å². The maximum atomic E-state index is 13.4. The molecule has 1 saturated heterocycles. The van der Waals surface area contributed by atoms with Gasteiger partial charge in [-0.1, -0.05) is 18.2 Å². The number of carbonyl (C=O) groups is 1. The molecule has 1 aliphatic heterocycles. The summed E-state index contributed by atoms with van der Waals surface area (Å²) in [6, 6.07) is 19.1. The molecule has 0 saturated carbocycles. The molecule has 0 N–H and O–H groups in total. The molecule has 0 spiro atoms. The second-order valence-electron chi connectivity index (χ2n) is 8.62. The van der Waals surface area contributed by atoms with Gasteiger partial charge in [0.15, 0.2) is 11.5 Å². The highest BCUT2D eigenvalue weighted by Gasteiger charge is 2.25. The summed E-state index contributed by atoms with van der Waals surface area (Å²) < 4.78 is 22.8. The molecule has 180 valence electrons. The number of benzene rings is 2. The number of fused-ring (bicyclic) bond motifs is 1. The van der Waals surface area contributed by atoms with Crippen molar-refractivity contribution < 1.29 is 23.4 Å². The molecule has 1 unspecified atom stereocenters. The highest BCUT2D eigenvalue weighted by Crippen LogP contribution is 2.30. The second-order valence-corrected chi connectivity index (χ2v) is 8.62. The van der Waals surface area contributed by atoms with Gasteiger partial charge < -0.3 is 23.5 Å². The third-order valence-corrected chi connectivity index (χ3v) is 6.23. The number of aromatic nitrogens is 1. The zero-order chi connectivity index (χ0) is 24.0. The highest BCUT2D eigenvalue weighted by atomic mass is 16.5. The summed E-state index contributed by atoms with van der Waals surface area (Å²) in [5.74, 6) is 1.22. The average molecular weight is 473 g/mol. The third kappa shape index (κ3) is 5.30. The van der Waals surface area contributed by atoms with E-state index in [-0.39, 0.29) is 11.8 Å². The van der Waals surface area contributed by atoms with Gasteiger partial charge in [-0.05, 0) is 54.4 Å². The van der Waals surface area contributed by atoms with Gasteiger partial charge >= 0.3 is 0 Å². The van der Waals surface area contributed by atoms with Crippen LogP contribution in [0.5, 0.6) is 11.5 Å². The Bertz CT molecular complexity index is 1290. The number of ether oxygens (including phenoxy) is 3. The lowest BCUT2D eigenvalue weighted by atomic mass is 9.97. The molecule has 1 fully saturated rings. The van der Waals surface area contributed by atoms with E-state index in [2.05, 4.69) is 11.1 Å². The molecule has 2 aromatic carbocycles. The van der Waals surface area contributed by atoms with Crippen LogP contribution in [0.15, 0.2) is 77.5 Å². The Hall–Kier alpha value is -3.84. The maximum Gasteiger partial charge on any atom is 0.254 e. The molecule has 5 rings (SSSR count). The van der Waals surface area contributed by atoms with Gasteiger partial charge in [-0.15, -0.1) is 0 Å². The largest absolute Gasteiger partial charge is 0.493 e. The number of nitrogens with zero attached hydrogens (tertiary/aromatic N) is 2. The Labute approximate surface area is 204 Å². The first-order chi connectivity index (χ1) is 17.2. The van der Waals surface area contributed by atoms with Gasteiger partial charge in [0, 0.05) is 36.2 Å². The second kappa shape index (κ2) is 10.6. The Morgan fingerprint density at radius 1 is 1.11 bits per heavy atom. The number of methoxy groups -OCH3 is 1. The smallest absolute Gasteiger partial charge is 0.254 e. The van der Waals surface area contributed by atoms with E-state index in [1.54, 1.807) is 37.8 Å². The minimum Gasteiger partial charge on any atom is -0.493 e. The molecule has 0 radical (unpaired) electrons. The molecular formula is C28H28N2O5. The van der Waals surface area contributed by atoms with Crippen LogP contribution in [-0.4, -0.2) is 49.2 Å². The van der Waals surface area contributed by atoms with Crippen LogP contribution in [0.3, 0.4) is 0 Å². The average Bonchev–Trinajstić information content (AvgIpc) is 3.27. The standard InChI is InChI=1S/C28H28N2O5/c1-32-27-16-22(8-9-26(27)35-19-23-6-2-3-11-29-23)28(31)30-12-14-33-18-20(17-30)15-21-5-4-7-25-24(21)10-13-34-25/h2-11,13,16,20H,12,14-15,17-19H2,1H3. The lowest BCUT2D eigenvalue weighted by Crippen LogP contribution is -2.36. The minimum atomic E-state index is -0.0448. The summed E-state index contributed by atoms with van der Waals surface area (Å²) in [7, 11) is 1.57. The van der Waals surface area contributed by atoms with Crippen LogP contribution in [-0.2, 0) is 17.8 Å². The van der Waals surface area contributed by atoms with Crippen LogP contribution < -0.4 is 9.47 Å². The number of rotatable bonds is 7. The van der Waals surface area contributed by atoms with Crippen molar-refractivity contribution in [3.05, 3.63) is 89.9 Å². The first-order valence-electron chi connectivity index (χ1n) is 11.7. The van der Waals surface area contributed by atoms with Gasteiger partial charge in [0.25, 0.3) is 5.91 Å². The molecule has 7 heteroatoms. The normalized spacial score (nSPS) is 16.1. The van der Waals surface area contributed by atoms with Crippen LogP contribution >= 0.6 is 0 Å². The van der Waals surface area contributed by atoms with Gasteiger partial charge in [0.2, 0.25) is 0 Å². The minimum absolute atomic E-state index is 0.0448. The van der Waals surface area contributed by atoms with E-state index in [0.717, 1.165) is 23.1 Å². The van der Waals surface area contributed by atoms with Gasteiger partial charge in [0.1, 0.15) is 12.2 Å². The molecule has 3 heterocycles. The van der Waals surface area contributed by atoms with Crippen LogP contribution in [0.4, 0.5) is 0 Å². The monoisotopic (exact) mass is 472 g/mol. The number of hydrogen-bond donors (Lipinski definition) is 0. The summed E-state index contributed by atoms with van der Waals surface area (Å²) in [5, 5.41) is 1.11. The quantitative estimate of drug-likeness (QED) is 0.387. The predicted octanol–water partition coefficient (Wildman–Crippen LogP) is 4.75. The zero-order valence-corrected chi connectivity index (χ0v) is 19.7. The Kier molecular flexibility index (Phi) is 6.95. The molecule has 35 heavy (non-hydrogen) atoms. The summed E-state index contributed by atoms with van der Waals surface area (Å²) in [6.07, 6.45) is 4.25. The van der Waals surface area contributed by atoms with Crippen molar-refractivity contribution in [2.24, 2.45) is 5.92 Å². The van der Waals surface area contributed by atoms with E-state index in [9.17, 15) is 4.79 Å². The number of hydrogen-bond acceptors (Lipinski definition) is 6. The molecule has 4 aromatic rings. The van der Waals surface area contributed by atoms with E-state index in [1.165, 1.54) is 5.56 Å². The summed E-state index contributed by atoms with van der Waals surface area (Å²) in [4.78, 5) is 19.6. The molecule has 1 amide bonds. The zero-order valence-electron chi connectivity index (χ0n) is 19.7. The lowest BCUT2D eigenvalue weighted by Gasteiger charge is -2.24. The molecule has 2 aromatic heterocycles. The van der Waals surface area contributed by atoms with Gasteiger partial charge in [-0.25, -0.2) is 0 Å². The molecular weight excluding hydrogens is 444 g/mol. The fourth-order valence-electron chi connectivity index (χ4n) is 4.47. The van der Waals surface area contributed by atoms with E-state index < -0.39 is 0 Å². The number of furan rings is 1. The van der Waals surface area contributed by atoms with Crippen LogP contribution in [0.25, 0.3) is 11.0 Å². The van der Waals surface area contributed by atoms with Gasteiger partial charge in [-0.2, -0.15) is 0 Å². The molecule has 7 nitrogen and oxygen atoms in total. The Morgan fingerprint density at radius 3 is 2.91 bits per heavy atom. The fourth-order valence-corrected chi connectivity index (χ4v) is 4.47. The topological polar surface area (TPSA) is 74.0 Å². The van der Waals surface area contributed by atoms with Crippen LogP contribution in [0.2, 0.25) is 0 Å². The summed E-state index contributed by atoms with van der Waals surface area (Å²) in [5.41, 5.74) is 3.46. The first-order valence-corrected chi connectivity index (χ1v) is 11.7. The van der Waals surface area contributed by atoms with E-state index >= 15 is 0 Å². The van der Waals surface area contributed by atoms with E-state index in [1.807, 2.05) is 41.3 Å². The summed E-state index contributed by atoms with van der Waals surface area (Å²) in [6.45, 7) is 2.61. The summed E-state index contributed by atoms with van der Waals surface area (Å²) >= 11 is 0. The van der Waals surface area contributed by atoms with Crippen molar-refractivity contribution in [2.75, 3.05) is 33.4 Å². The molecule has 0 aliphatic carbocycles. The maximum absolute atomic E-state index is 13.4. The van der Waals surface area contributed by atoms with Crippen LogP contribution in [0, 0.1) is 5.92 Å². The number of amides is 1. The van der Waals surface area contributed by atoms with E-state index in [0.29, 0.717) is 50.0 Å². The van der Waals surface area contributed by atoms with Gasteiger partial charge in [-0.3, -0.25) is 9.78 Å². The van der Waals surface area contributed by atoms with Crippen molar-refractivity contribution in [3.8, 4) is 11.5 Å². The fraction of sp³-hybridized carbons (Fsp3) is 0.286. The van der Waals surface area contributed by atoms with Crippen molar-refractivity contribution in [1.82, 2.24) is 9.88 Å². The predicted molar refractivity (Wildman–Crippen MR) is 132 cm³/mol. The lowest BCUT2D eigenvalue weighted by molar-refractivity contribution is 0.0737. The molecule has 1 atom stereocenters.